The van der Waals surface area contributed by atoms with Crippen LogP contribution in [0, 0.1) is 0 Å². The number of nitrogens with two attached hydrogens (primary N) is 2. The van der Waals surface area contributed by atoms with Crippen LogP contribution in [-0.2, 0) is 16.2 Å². The largest absolute Gasteiger partial charge is 0.489 e. The van der Waals surface area contributed by atoms with Crippen molar-refractivity contribution in [2.75, 3.05) is 0 Å². The molecule has 0 bridgehead atoms. The Balaban J connectivity index is 2.19. The molecule has 5 heteroatoms. The number of rotatable bonds is 8. The van der Waals surface area contributed by atoms with E-state index in [1.807, 2.05) is 54.6 Å². The van der Waals surface area contributed by atoms with Gasteiger partial charge in [0.25, 0.3) is 0 Å². The summed E-state index contributed by atoms with van der Waals surface area (Å²) in [6.45, 7) is 0.401. The quantitative estimate of drug-likeness (QED) is 0.781. The normalized spacial score (nSPS) is 10.5. The van der Waals surface area contributed by atoms with Gasteiger partial charge in [-0.25, -0.2) is 0 Å². The minimum absolute atomic E-state index is 0.0502. The van der Waals surface area contributed by atoms with Crippen molar-refractivity contribution < 1.29 is 14.3 Å². The standard InChI is InChI=1S/C18H20N2O3/c19-17(21)10-14(11-18(20)22)15-8-4-5-9-16(15)23-12-13-6-2-1-3-7-13/h1-9,14H,10-12H2,(H2,19,21)(H2,20,22). The molecule has 0 fully saturated rings. The predicted octanol–water partition coefficient (Wildman–Crippen LogP) is 2.10. The van der Waals surface area contributed by atoms with Gasteiger partial charge in [0.2, 0.25) is 11.8 Å². The number of hydrogen-bond acceptors (Lipinski definition) is 3. The molecule has 0 saturated carbocycles. The van der Waals surface area contributed by atoms with Gasteiger partial charge < -0.3 is 16.2 Å². The number of amides is 2. The van der Waals surface area contributed by atoms with Gasteiger partial charge in [0.05, 0.1) is 0 Å². The van der Waals surface area contributed by atoms with Crippen LogP contribution < -0.4 is 16.2 Å². The van der Waals surface area contributed by atoms with E-state index in [4.69, 9.17) is 16.2 Å². The molecule has 0 saturated heterocycles. The van der Waals surface area contributed by atoms with Crippen molar-refractivity contribution in [2.24, 2.45) is 11.5 Å². The Kier molecular flexibility index (Phi) is 5.74. The van der Waals surface area contributed by atoms with Gasteiger partial charge in [-0.2, -0.15) is 0 Å². The van der Waals surface area contributed by atoms with E-state index in [1.54, 1.807) is 0 Å². The number of carbonyl (C=O) groups excluding carboxylic acids is 2. The Labute approximate surface area is 135 Å². The zero-order valence-corrected chi connectivity index (χ0v) is 12.8. The second kappa shape index (κ2) is 7.98. The Morgan fingerprint density at radius 1 is 0.870 bits per heavy atom. The molecule has 0 aromatic heterocycles. The number of ether oxygens (including phenoxy) is 1. The van der Waals surface area contributed by atoms with Crippen molar-refractivity contribution in [1.29, 1.82) is 0 Å². The molecule has 23 heavy (non-hydrogen) atoms. The van der Waals surface area contributed by atoms with Crippen LogP contribution in [0.25, 0.3) is 0 Å². The molecule has 0 unspecified atom stereocenters. The lowest BCUT2D eigenvalue weighted by Crippen LogP contribution is -2.21. The molecule has 0 spiro atoms. The summed E-state index contributed by atoms with van der Waals surface area (Å²) in [7, 11) is 0. The smallest absolute Gasteiger partial charge is 0.218 e. The number of benzene rings is 2. The minimum atomic E-state index is -0.478. The fourth-order valence-corrected chi connectivity index (χ4v) is 2.46. The summed E-state index contributed by atoms with van der Waals surface area (Å²) in [5.41, 5.74) is 12.4. The van der Waals surface area contributed by atoms with Gasteiger partial charge in [0.1, 0.15) is 12.4 Å². The maximum Gasteiger partial charge on any atom is 0.218 e. The number of para-hydroxylation sites is 1. The average Bonchev–Trinajstić information content (AvgIpc) is 2.53. The highest BCUT2D eigenvalue weighted by atomic mass is 16.5. The molecule has 0 aliphatic heterocycles. The number of primary amides is 2. The topological polar surface area (TPSA) is 95.4 Å². The van der Waals surface area contributed by atoms with Crippen molar-refractivity contribution in [3.63, 3.8) is 0 Å². The van der Waals surface area contributed by atoms with Crippen molar-refractivity contribution in [3.05, 3.63) is 65.7 Å². The highest BCUT2D eigenvalue weighted by Gasteiger charge is 2.20. The van der Waals surface area contributed by atoms with Crippen molar-refractivity contribution in [3.8, 4) is 5.75 Å². The molecule has 0 heterocycles. The molecule has 120 valence electrons. The van der Waals surface area contributed by atoms with Crippen molar-refractivity contribution in [1.82, 2.24) is 0 Å². The number of hydrogen-bond donors (Lipinski definition) is 2. The molecule has 5 nitrogen and oxygen atoms in total. The average molecular weight is 312 g/mol. The first-order chi connectivity index (χ1) is 11.1. The Bertz CT molecular complexity index is 655. The van der Waals surface area contributed by atoms with Gasteiger partial charge in [-0.1, -0.05) is 48.5 Å². The molecule has 0 atom stereocenters. The fourth-order valence-electron chi connectivity index (χ4n) is 2.46. The number of carbonyl (C=O) groups is 2. The second-order valence-corrected chi connectivity index (χ2v) is 5.35. The van der Waals surface area contributed by atoms with Crippen molar-refractivity contribution in [2.45, 2.75) is 25.4 Å². The van der Waals surface area contributed by atoms with Crippen LogP contribution in [0.3, 0.4) is 0 Å². The van der Waals surface area contributed by atoms with E-state index in [-0.39, 0.29) is 18.8 Å². The van der Waals surface area contributed by atoms with Crippen LogP contribution in [0.5, 0.6) is 5.75 Å². The summed E-state index contributed by atoms with van der Waals surface area (Å²) >= 11 is 0. The van der Waals surface area contributed by atoms with Crippen LogP contribution in [0.4, 0.5) is 0 Å². The summed E-state index contributed by atoms with van der Waals surface area (Å²) < 4.78 is 5.86. The van der Waals surface area contributed by atoms with Crippen LogP contribution in [-0.4, -0.2) is 11.8 Å². The zero-order valence-electron chi connectivity index (χ0n) is 12.8. The molecular formula is C18H20N2O3. The van der Waals surface area contributed by atoms with Crippen LogP contribution >= 0.6 is 0 Å². The highest BCUT2D eigenvalue weighted by Crippen LogP contribution is 2.31. The first kappa shape index (κ1) is 16.5. The third kappa shape index (κ3) is 5.14. The highest BCUT2D eigenvalue weighted by molar-refractivity contribution is 5.79. The molecule has 2 amide bonds. The first-order valence-corrected chi connectivity index (χ1v) is 7.38. The zero-order chi connectivity index (χ0) is 16.7. The van der Waals surface area contributed by atoms with E-state index in [9.17, 15) is 9.59 Å². The molecule has 4 N–H and O–H groups in total. The van der Waals surface area contributed by atoms with Gasteiger partial charge in [-0.15, -0.1) is 0 Å². The molecule has 0 aliphatic carbocycles. The van der Waals surface area contributed by atoms with Gasteiger partial charge in [0.15, 0.2) is 0 Å². The van der Waals surface area contributed by atoms with E-state index in [0.717, 1.165) is 11.1 Å². The van der Waals surface area contributed by atoms with Gasteiger partial charge in [-0.3, -0.25) is 9.59 Å². The lowest BCUT2D eigenvalue weighted by Gasteiger charge is -2.18. The molecule has 0 aliphatic rings. The Hall–Kier alpha value is -2.82. The van der Waals surface area contributed by atoms with Gasteiger partial charge in [-0.05, 0) is 17.2 Å². The van der Waals surface area contributed by atoms with E-state index in [0.29, 0.717) is 12.4 Å². The van der Waals surface area contributed by atoms with Crippen LogP contribution in [0.1, 0.15) is 29.9 Å². The van der Waals surface area contributed by atoms with Crippen molar-refractivity contribution >= 4 is 11.8 Å². The minimum Gasteiger partial charge on any atom is -0.489 e. The van der Waals surface area contributed by atoms with E-state index in [2.05, 4.69) is 0 Å². The predicted molar refractivity (Wildman–Crippen MR) is 87.6 cm³/mol. The fraction of sp³-hybridized carbons (Fsp3) is 0.222. The summed E-state index contributed by atoms with van der Waals surface area (Å²) in [5.74, 6) is -0.705. The third-order valence-electron chi connectivity index (χ3n) is 3.49. The molecular weight excluding hydrogens is 292 g/mol. The van der Waals surface area contributed by atoms with Gasteiger partial charge >= 0.3 is 0 Å². The first-order valence-electron chi connectivity index (χ1n) is 7.38. The van der Waals surface area contributed by atoms with E-state index in [1.165, 1.54) is 0 Å². The summed E-state index contributed by atoms with van der Waals surface area (Å²) in [5, 5.41) is 0. The maximum absolute atomic E-state index is 11.3. The van der Waals surface area contributed by atoms with Gasteiger partial charge in [0, 0.05) is 18.8 Å². The lowest BCUT2D eigenvalue weighted by atomic mass is 9.91. The molecule has 2 rings (SSSR count). The SMILES string of the molecule is NC(=O)CC(CC(N)=O)c1ccccc1OCc1ccccc1. The second-order valence-electron chi connectivity index (χ2n) is 5.35. The molecule has 0 radical (unpaired) electrons. The van der Waals surface area contributed by atoms with Crippen LogP contribution in [0.2, 0.25) is 0 Å². The summed E-state index contributed by atoms with van der Waals surface area (Å²) in [6, 6.07) is 17.1. The monoisotopic (exact) mass is 312 g/mol. The summed E-state index contributed by atoms with van der Waals surface area (Å²) in [4.78, 5) is 22.6. The molecule has 2 aromatic rings. The third-order valence-corrected chi connectivity index (χ3v) is 3.49. The van der Waals surface area contributed by atoms with E-state index >= 15 is 0 Å². The molecule has 2 aromatic carbocycles. The van der Waals surface area contributed by atoms with E-state index < -0.39 is 11.8 Å². The maximum atomic E-state index is 11.3. The Morgan fingerprint density at radius 3 is 2.04 bits per heavy atom. The summed E-state index contributed by atoms with van der Waals surface area (Å²) in [6.07, 6.45) is 0.100. The lowest BCUT2D eigenvalue weighted by molar-refractivity contribution is -0.119. The van der Waals surface area contributed by atoms with Crippen LogP contribution in [0.15, 0.2) is 54.6 Å². The Morgan fingerprint density at radius 2 is 1.43 bits per heavy atom.